The molecule has 3 aromatic carbocycles. The van der Waals surface area contributed by atoms with Gasteiger partial charge in [-0.2, -0.15) is 0 Å². The molecule has 0 unspecified atom stereocenters. The molecule has 4 aromatic rings. The molecule has 1 fully saturated rings. The largest absolute Gasteiger partial charge is 0.381 e. The monoisotopic (exact) mass is 492 g/mol. The fraction of sp³-hybridized carbons (Fsp3) is 0.154. The van der Waals surface area contributed by atoms with Gasteiger partial charge in [-0.15, -0.1) is 0 Å². The van der Waals surface area contributed by atoms with Crippen LogP contribution in [0.2, 0.25) is 5.02 Å². The molecule has 0 saturated carbocycles. The van der Waals surface area contributed by atoms with Crippen molar-refractivity contribution in [2.45, 2.75) is 16.2 Å². The third-order valence-corrected chi connectivity index (χ3v) is 7.99. The van der Waals surface area contributed by atoms with E-state index in [-0.39, 0.29) is 29.6 Å². The fourth-order valence-electron chi connectivity index (χ4n) is 4.24. The Labute approximate surface area is 202 Å². The lowest BCUT2D eigenvalue weighted by atomic mass is 9.85. The number of benzene rings is 3. The van der Waals surface area contributed by atoms with E-state index in [0.717, 1.165) is 5.39 Å². The van der Waals surface area contributed by atoms with Crippen LogP contribution in [0.25, 0.3) is 10.9 Å². The predicted molar refractivity (Wildman–Crippen MR) is 130 cm³/mol. The Morgan fingerprint density at radius 3 is 2.44 bits per heavy atom. The first-order chi connectivity index (χ1) is 16.2. The van der Waals surface area contributed by atoms with Crippen LogP contribution in [0.3, 0.4) is 0 Å². The minimum atomic E-state index is -3.63. The minimum absolute atomic E-state index is 0.163. The van der Waals surface area contributed by atoms with Gasteiger partial charge in [-0.1, -0.05) is 54.1 Å². The summed E-state index contributed by atoms with van der Waals surface area (Å²) in [7, 11) is -3.63. The highest BCUT2D eigenvalue weighted by atomic mass is 35.5. The van der Waals surface area contributed by atoms with Crippen LogP contribution in [0.5, 0.6) is 0 Å². The summed E-state index contributed by atoms with van der Waals surface area (Å²) in [6.07, 6.45) is 1.57. The van der Waals surface area contributed by atoms with Gasteiger partial charge in [0.25, 0.3) is 5.91 Å². The van der Waals surface area contributed by atoms with Gasteiger partial charge in [0.2, 0.25) is 0 Å². The smallest absolute Gasteiger partial charge is 0.254 e. The number of rotatable bonds is 5. The van der Waals surface area contributed by atoms with E-state index in [1.807, 2.05) is 12.1 Å². The Balaban J connectivity index is 1.29. The molecule has 1 aliphatic heterocycles. The van der Waals surface area contributed by atoms with Crippen molar-refractivity contribution < 1.29 is 18.3 Å². The molecule has 0 atom stereocenters. The average Bonchev–Trinajstić information content (AvgIpc) is 2.81. The zero-order valence-corrected chi connectivity index (χ0v) is 19.6. The number of hydrogen-bond donors (Lipinski definition) is 1. The third-order valence-electron chi connectivity index (χ3n) is 6.04. The van der Waals surface area contributed by atoms with Crippen LogP contribution < -0.4 is 0 Å². The second-order valence-electron chi connectivity index (χ2n) is 8.49. The summed E-state index contributed by atoms with van der Waals surface area (Å²) in [5.74, 6) is -0.422. The highest BCUT2D eigenvalue weighted by Crippen LogP contribution is 2.34. The van der Waals surface area contributed by atoms with Gasteiger partial charge in [-0.05, 0) is 47.5 Å². The summed E-state index contributed by atoms with van der Waals surface area (Å²) in [6, 6.07) is 22.2. The number of carbonyl (C=O) groups is 1. The van der Waals surface area contributed by atoms with E-state index in [1.165, 1.54) is 0 Å². The van der Waals surface area contributed by atoms with Gasteiger partial charge in [-0.3, -0.25) is 9.78 Å². The summed E-state index contributed by atoms with van der Waals surface area (Å²) < 4.78 is 26.2. The second kappa shape index (κ2) is 8.51. The van der Waals surface area contributed by atoms with E-state index in [4.69, 9.17) is 11.6 Å². The molecule has 1 N–H and O–H groups in total. The van der Waals surface area contributed by atoms with Crippen molar-refractivity contribution >= 4 is 38.2 Å². The van der Waals surface area contributed by atoms with Crippen LogP contribution in [0.1, 0.15) is 21.5 Å². The van der Waals surface area contributed by atoms with Gasteiger partial charge in [0, 0.05) is 22.2 Å². The fourth-order valence-corrected chi connectivity index (χ4v) is 5.97. The maximum Gasteiger partial charge on any atom is 0.254 e. The Kier molecular flexibility index (Phi) is 5.64. The van der Waals surface area contributed by atoms with Crippen LogP contribution in [-0.2, 0) is 21.2 Å². The summed E-state index contributed by atoms with van der Waals surface area (Å²) in [5.41, 5.74) is 1.00. The lowest BCUT2D eigenvalue weighted by Gasteiger charge is -2.46. The number of hydrogen-bond acceptors (Lipinski definition) is 5. The van der Waals surface area contributed by atoms with Crippen LogP contribution in [0.15, 0.2) is 90.0 Å². The van der Waals surface area contributed by atoms with Crippen molar-refractivity contribution in [1.29, 1.82) is 0 Å². The standard InChI is InChI=1S/C26H21ClN2O4S/c27-22-7-2-6-21(14-22)26(31)16-29(17-26)25(30)20-11-9-18(10-12-20)15-34(32,33)23-8-1-4-19-5-3-13-28-24(19)23/h1-14,31H,15-17H2. The van der Waals surface area contributed by atoms with Gasteiger partial charge in [0.05, 0.1) is 29.3 Å². The normalized spacial score (nSPS) is 15.2. The van der Waals surface area contributed by atoms with E-state index in [0.29, 0.717) is 27.2 Å². The molecule has 1 aliphatic rings. The number of likely N-dealkylation sites (tertiary alicyclic amines) is 1. The van der Waals surface area contributed by atoms with E-state index >= 15 is 0 Å². The Morgan fingerprint density at radius 1 is 1.00 bits per heavy atom. The lowest BCUT2D eigenvalue weighted by molar-refractivity contribution is -0.0863. The third kappa shape index (κ3) is 4.18. The van der Waals surface area contributed by atoms with Crippen molar-refractivity contribution in [3.8, 4) is 0 Å². The lowest BCUT2D eigenvalue weighted by Crippen LogP contribution is -2.61. The first-order valence-corrected chi connectivity index (χ1v) is 12.7. The quantitative estimate of drug-likeness (QED) is 0.451. The number of halogens is 1. The van der Waals surface area contributed by atoms with E-state index in [2.05, 4.69) is 4.98 Å². The zero-order valence-electron chi connectivity index (χ0n) is 18.1. The van der Waals surface area contributed by atoms with Crippen LogP contribution in [0.4, 0.5) is 0 Å². The first-order valence-electron chi connectivity index (χ1n) is 10.7. The Hall–Kier alpha value is -3.26. The van der Waals surface area contributed by atoms with Gasteiger partial charge < -0.3 is 10.0 Å². The number of aromatic nitrogens is 1. The summed E-state index contributed by atoms with van der Waals surface area (Å²) in [6.45, 7) is 0.326. The number of pyridine rings is 1. The molecule has 8 heteroatoms. The van der Waals surface area contributed by atoms with Crippen LogP contribution in [-0.4, -0.2) is 42.4 Å². The van der Waals surface area contributed by atoms with Gasteiger partial charge in [-0.25, -0.2) is 8.42 Å². The summed E-state index contributed by atoms with van der Waals surface area (Å²) in [4.78, 5) is 18.8. The number of β-amino-alcohol motifs (C(OH)–C–C–N with tert-alkyl or cyclic N) is 1. The molecule has 0 radical (unpaired) electrons. The molecule has 172 valence electrons. The van der Waals surface area contributed by atoms with Crippen LogP contribution in [0, 0.1) is 0 Å². The average molecular weight is 493 g/mol. The van der Waals surface area contributed by atoms with Gasteiger partial charge in [0.15, 0.2) is 9.84 Å². The molecule has 2 heterocycles. The molecule has 1 amide bonds. The Morgan fingerprint density at radius 2 is 1.71 bits per heavy atom. The number of aliphatic hydroxyl groups is 1. The van der Waals surface area contributed by atoms with E-state index in [1.54, 1.807) is 77.8 Å². The first kappa shape index (κ1) is 22.5. The maximum atomic E-state index is 13.1. The zero-order chi connectivity index (χ0) is 23.9. The maximum absolute atomic E-state index is 13.1. The molecular formula is C26H21ClN2O4S. The molecule has 1 aromatic heterocycles. The highest BCUT2D eigenvalue weighted by Gasteiger charge is 2.45. The molecule has 6 nitrogen and oxygen atoms in total. The number of sulfone groups is 1. The van der Waals surface area contributed by atoms with Crippen LogP contribution >= 0.6 is 11.6 Å². The minimum Gasteiger partial charge on any atom is -0.381 e. The topological polar surface area (TPSA) is 87.6 Å². The molecule has 1 saturated heterocycles. The number of para-hydroxylation sites is 1. The molecular weight excluding hydrogens is 472 g/mol. The van der Waals surface area contributed by atoms with Crippen molar-refractivity contribution in [3.63, 3.8) is 0 Å². The van der Waals surface area contributed by atoms with Gasteiger partial charge in [0.1, 0.15) is 5.60 Å². The molecule has 0 bridgehead atoms. The molecule has 34 heavy (non-hydrogen) atoms. The molecule has 5 rings (SSSR count). The number of nitrogens with zero attached hydrogens (tertiary/aromatic N) is 2. The number of amides is 1. The molecule has 0 spiro atoms. The van der Waals surface area contributed by atoms with Crippen molar-refractivity contribution in [3.05, 3.63) is 107 Å². The van der Waals surface area contributed by atoms with E-state index in [9.17, 15) is 18.3 Å². The SMILES string of the molecule is O=C(c1ccc(CS(=O)(=O)c2cccc3cccnc23)cc1)N1CC(O)(c2cccc(Cl)c2)C1. The van der Waals surface area contributed by atoms with Crippen molar-refractivity contribution in [1.82, 2.24) is 9.88 Å². The Bertz CT molecular complexity index is 1490. The van der Waals surface area contributed by atoms with Gasteiger partial charge >= 0.3 is 0 Å². The number of fused-ring (bicyclic) bond motifs is 1. The second-order valence-corrected chi connectivity index (χ2v) is 10.9. The molecule has 0 aliphatic carbocycles. The van der Waals surface area contributed by atoms with Crippen molar-refractivity contribution in [2.24, 2.45) is 0 Å². The van der Waals surface area contributed by atoms with E-state index < -0.39 is 15.4 Å². The summed E-state index contributed by atoms with van der Waals surface area (Å²) in [5, 5.41) is 12.1. The predicted octanol–water partition coefficient (Wildman–Crippen LogP) is 4.21. The highest BCUT2D eigenvalue weighted by molar-refractivity contribution is 7.90. The summed E-state index contributed by atoms with van der Waals surface area (Å²) >= 11 is 6.02. The van der Waals surface area contributed by atoms with Crippen molar-refractivity contribution in [2.75, 3.05) is 13.1 Å². The number of carbonyl (C=O) groups excluding carboxylic acids is 1.